The molecule has 6 heteroatoms. The number of phenols is 1. The lowest BCUT2D eigenvalue weighted by Gasteiger charge is -2.37. The van der Waals surface area contributed by atoms with Gasteiger partial charge < -0.3 is 21.1 Å². The standard InChI is InChI=1S/C20H26N4O2/c1-15(22-19-13-17(25)7-8-18(19)20(21)26)14-23-9-11-24(12-10-23)16-5-3-2-4-6-16/h2-8,13,15,22,25H,9-12,14H2,1H3,(H2,21,26). The zero-order chi connectivity index (χ0) is 18.5. The Morgan fingerprint density at radius 1 is 1.15 bits per heavy atom. The van der Waals surface area contributed by atoms with Crippen LogP contribution in [0.25, 0.3) is 0 Å². The summed E-state index contributed by atoms with van der Waals surface area (Å²) in [6.07, 6.45) is 0. The minimum absolute atomic E-state index is 0.112. The highest BCUT2D eigenvalue weighted by Gasteiger charge is 2.19. The highest BCUT2D eigenvalue weighted by atomic mass is 16.3. The molecule has 3 rings (SSSR count). The van der Waals surface area contributed by atoms with Crippen molar-refractivity contribution in [1.82, 2.24) is 4.90 Å². The van der Waals surface area contributed by atoms with Crippen molar-refractivity contribution in [1.29, 1.82) is 0 Å². The van der Waals surface area contributed by atoms with Crippen molar-refractivity contribution < 1.29 is 9.90 Å². The maximum Gasteiger partial charge on any atom is 0.250 e. The molecule has 1 aliphatic rings. The smallest absolute Gasteiger partial charge is 0.250 e. The third kappa shape index (κ3) is 4.46. The van der Waals surface area contributed by atoms with Crippen LogP contribution in [-0.2, 0) is 0 Å². The number of hydrogen-bond donors (Lipinski definition) is 3. The van der Waals surface area contributed by atoms with Gasteiger partial charge in [0.05, 0.1) is 11.3 Å². The van der Waals surface area contributed by atoms with Crippen molar-refractivity contribution in [3.05, 3.63) is 54.1 Å². The Kier molecular flexibility index (Phi) is 5.63. The number of primary amides is 1. The van der Waals surface area contributed by atoms with Crippen LogP contribution in [-0.4, -0.2) is 54.7 Å². The van der Waals surface area contributed by atoms with Crippen LogP contribution in [0.5, 0.6) is 5.75 Å². The summed E-state index contributed by atoms with van der Waals surface area (Å²) < 4.78 is 0. The molecule has 1 atom stereocenters. The van der Waals surface area contributed by atoms with E-state index in [0.29, 0.717) is 11.3 Å². The number of hydrogen-bond acceptors (Lipinski definition) is 5. The number of para-hydroxylation sites is 1. The van der Waals surface area contributed by atoms with Crippen molar-refractivity contribution in [2.75, 3.05) is 42.9 Å². The topological polar surface area (TPSA) is 81.8 Å². The SMILES string of the molecule is CC(CN1CCN(c2ccccc2)CC1)Nc1cc(O)ccc1C(N)=O. The van der Waals surface area contributed by atoms with Crippen LogP contribution in [0.15, 0.2) is 48.5 Å². The minimum atomic E-state index is -0.504. The second kappa shape index (κ2) is 8.10. The van der Waals surface area contributed by atoms with Gasteiger partial charge >= 0.3 is 0 Å². The molecule has 2 aromatic carbocycles. The minimum Gasteiger partial charge on any atom is -0.508 e. The van der Waals surface area contributed by atoms with Crippen molar-refractivity contribution in [2.24, 2.45) is 5.73 Å². The first-order valence-electron chi connectivity index (χ1n) is 8.94. The molecule has 0 aromatic heterocycles. The van der Waals surface area contributed by atoms with E-state index in [1.165, 1.54) is 11.8 Å². The molecule has 0 saturated carbocycles. The van der Waals surface area contributed by atoms with E-state index >= 15 is 0 Å². The fourth-order valence-corrected chi connectivity index (χ4v) is 3.39. The van der Waals surface area contributed by atoms with Crippen LogP contribution in [0.1, 0.15) is 17.3 Å². The molecular formula is C20H26N4O2. The molecule has 0 aliphatic carbocycles. The first-order valence-corrected chi connectivity index (χ1v) is 8.94. The maximum atomic E-state index is 11.6. The van der Waals surface area contributed by atoms with E-state index in [1.54, 1.807) is 12.1 Å². The number of nitrogens with two attached hydrogens (primary N) is 1. The Hall–Kier alpha value is -2.73. The van der Waals surface area contributed by atoms with Gasteiger partial charge in [0.25, 0.3) is 5.91 Å². The van der Waals surface area contributed by atoms with Crippen molar-refractivity contribution >= 4 is 17.3 Å². The van der Waals surface area contributed by atoms with Gasteiger partial charge in [0.2, 0.25) is 0 Å². The molecule has 4 N–H and O–H groups in total. The van der Waals surface area contributed by atoms with Crippen LogP contribution in [0.4, 0.5) is 11.4 Å². The van der Waals surface area contributed by atoms with Crippen LogP contribution in [0, 0.1) is 0 Å². The highest BCUT2D eigenvalue weighted by Crippen LogP contribution is 2.22. The quantitative estimate of drug-likeness (QED) is 0.740. The Bertz CT molecular complexity index is 743. The molecule has 1 fully saturated rings. The summed E-state index contributed by atoms with van der Waals surface area (Å²) >= 11 is 0. The van der Waals surface area contributed by atoms with Crippen LogP contribution in [0.2, 0.25) is 0 Å². The number of amides is 1. The van der Waals surface area contributed by atoms with Crippen LogP contribution < -0.4 is 16.0 Å². The van der Waals surface area contributed by atoms with Gasteiger partial charge in [-0.2, -0.15) is 0 Å². The third-order valence-electron chi connectivity index (χ3n) is 4.70. The van der Waals surface area contributed by atoms with Gasteiger partial charge in [0.1, 0.15) is 5.75 Å². The first-order chi connectivity index (χ1) is 12.5. The van der Waals surface area contributed by atoms with E-state index in [4.69, 9.17) is 5.73 Å². The van der Waals surface area contributed by atoms with Gasteiger partial charge in [0, 0.05) is 50.5 Å². The number of nitrogens with zero attached hydrogens (tertiary/aromatic N) is 2. The van der Waals surface area contributed by atoms with Gasteiger partial charge in [-0.05, 0) is 31.2 Å². The van der Waals surface area contributed by atoms with Gasteiger partial charge in [-0.3, -0.25) is 9.69 Å². The summed E-state index contributed by atoms with van der Waals surface area (Å²) in [7, 11) is 0. The highest BCUT2D eigenvalue weighted by molar-refractivity contribution is 5.98. The number of aromatic hydroxyl groups is 1. The molecule has 6 nitrogen and oxygen atoms in total. The molecule has 138 valence electrons. The predicted molar refractivity (Wildman–Crippen MR) is 105 cm³/mol. The molecule has 26 heavy (non-hydrogen) atoms. The predicted octanol–water partition coefficient (Wildman–Crippen LogP) is 2.11. The average Bonchev–Trinajstić information content (AvgIpc) is 2.63. The van der Waals surface area contributed by atoms with Crippen LogP contribution >= 0.6 is 0 Å². The number of benzene rings is 2. The molecule has 2 aromatic rings. The number of rotatable bonds is 6. The van der Waals surface area contributed by atoms with E-state index in [9.17, 15) is 9.90 Å². The Morgan fingerprint density at radius 2 is 1.85 bits per heavy atom. The fraction of sp³-hybridized carbons (Fsp3) is 0.350. The van der Waals surface area contributed by atoms with E-state index in [2.05, 4.69) is 46.3 Å². The lowest BCUT2D eigenvalue weighted by molar-refractivity contribution is 0.100. The number of anilines is 2. The van der Waals surface area contributed by atoms with Gasteiger partial charge in [-0.1, -0.05) is 18.2 Å². The summed E-state index contributed by atoms with van der Waals surface area (Å²) in [5, 5.41) is 13.0. The summed E-state index contributed by atoms with van der Waals surface area (Å²) in [4.78, 5) is 16.4. The molecular weight excluding hydrogens is 328 g/mol. The second-order valence-corrected chi connectivity index (χ2v) is 6.76. The largest absolute Gasteiger partial charge is 0.508 e. The van der Waals surface area contributed by atoms with Crippen molar-refractivity contribution in [3.8, 4) is 5.75 Å². The summed E-state index contributed by atoms with van der Waals surface area (Å²) in [5.74, 6) is -0.391. The van der Waals surface area contributed by atoms with Crippen LogP contribution in [0.3, 0.4) is 0 Å². The van der Waals surface area contributed by atoms with Crippen molar-refractivity contribution in [3.63, 3.8) is 0 Å². The molecule has 0 bridgehead atoms. The van der Waals surface area contributed by atoms with Crippen molar-refractivity contribution in [2.45, 2.75) is 13.0 Å². The van der Waals surface area contributed by atoms with E-state index in [1.807, 2.05) is 6.07 Å². The van der Waals surface area contributed by atoms with E-state index < -0.39 is 5.91 Å². The van der Waals surface area contributed by atoms with Gasteiger partial charge in [-0.15, -0.1) is 0 Å². The lowest BCUT2D eigenvalue weighted by Crippen LogP contribution is -2.49. The first kappa shape index (κ1) is 18.1. The number of nitrogens with one attached hydrogen (secondary N) is 1. The molecule has 0 radical (unpaired) electrons. The lowest BCUT2D eigenvalue weighted by atomic mass is 10.1. The fourth-order valence-electron chi connectivity index (χ4n) is 3.39. The zero-order valence-corrected chi connectivity index (χ0v) is 15.1. The van der Waals surface area contributed by atoms with E-state index in [0.717, 1.165) is 32.7 Å². The normalized spacial score (nSPS) is 16.3. The maximum absolute atomic E-state index is 11.6. The Labute approximate surface area is 154 Å². The second-order valence-electron chi connectivity index (χ2n) is 6.76. The molecule has 1 heterocycles. The molecule has 1 aliphatic heterocycles. The Balaban J connectivity index is 1.54. The molecule has 1 amide bonds. The number of piperazine rings is 1. The summed E-state index contributed by atoms with van der Waals surface area (Å²) in [6.45, 7) is 6.90. The van der Waals surface area contributed by atoms with Gasteiger partial charge in [-0.25, -0.2) is 0 Å². The van der Waals surface area contributed by atoms with Gasteiger partial charge in [0.15, 0.2) is 0 Å². The zero-order valence-electron chi connectivity index (χ0n) is 15.1. The molecule has 1 unspecified atom stereocenters. The molecule has 0 spiro atoms. The third-order valence-corrected chi connectivity index (χ3v) is 4.70. The number of carbonyl (C=O) groups excluding carboxylic acids is 1. The number of carbonyl (C=O) groups is 1. The summed E-state index contributed by atoms with van der Waals surface area (Å²) in [5.41, 5.74) is 7.66. The average molecular weight is 354 g/mol. The van der Waals surface area contributed by atoms with E-state index in [-0.39, 0.29) is 11.8 Å². The Morgan fingerprint density at radius 3 is 2.50 bits per heavy atom. The monoisotopic (exact) mass is 354 g/mol. The number of phenolic OH excluding ortho intramolecular Hbond substituents is 1. The summed E-state index contributed by atoms with van der Waals surface area (Å²) in [6, 6.07) is 15.2. The molecule has 1 saturated heterocycles.